The lowest BCUT2D eigenvalue weighted by molar-refractivity contribution is 0.281. The summed E-state index contributed by atoms with van der Waals surface area (Å²) in [5.41, 5.74) is 3.44. The van der Waals surface area contributed by atoms with E-state index in [9.17, 15) is 5.11 Å². The van der Waals surface area contributed by atoms with Gasteiger partial charge in [-0.1, -0.05) is 13.0 Å². The molecule has 0 bridgehead atoms. The molecule has 0 aliphatic heterocycles. The Morgan fingerprint density at radius 2 is 1.83 bits per heavy atom. The zero-order valence-corrected chi connectivity index (χ0v) is 12.1. The summed E-state index contributed by atoms with van der Waals surface area (Å²) in [4.78, 5) is 4.62. The van der Waals surface area contributed by atoms with Crippen molar-refractivity contribution in [2.24, 2.45) is 0 Å². The Morgan fingerprint density at radius 1 is 1.11 bits per heavy atom. The van der Waals surface area contributed by atoms with Crippen LogP contribution in [0.25, 0.3) is 0 Å². The Kier molecular flexibility index (Phi) is 6.16. The molecule has 1 aromatic carbocycles. The van der Waals surface area contributed by atoms with Gasteiger partial charge >= 0.3 is 0 Å². The number of benzene rings is 1. The molecule has 0 spiro atoms. The molecule has 0 aliphatic carbocycles. The van der Waals surface area contributed by atoms with E-state index in [0.717, 1.165) is 31.6 Å². The predicted molar refractivity (Wildman–Crippen MR) is 78.2 cm³/mol. The van der Waals surface area contributed by atoms with Crippen molar-refractivity contribution in [2.75, 3.05) is 38.6 Å². The van der Waals surface area contributed by atoms with E-state index in [0.29, 0.717) is 0 Å². The molecule has 0 radical (unpaired) electrons. The van der Waals surface area contributed by atoms with E-state index in [1.54, 1.807) is 0 Å². The Hall–Kier alpha value is -1.06. The number of anilines is 1. The van der Waals surface area contributed by atoms with Crippen molar-refractivity contribution in [3.05, 3.63) is 29.3 Å². The van der Waals surface area contributed by atoms with Crippen molar-refractivity contribution in [2.45, 2.75) is 26.9 Å². The Labute approximate surface area is 111 Å². The fraction of sp³-hybridized carbons (Fsp3) is 0.600. The van der Waals surface area contributed by atoms with Crippen LogP contribution in [0.1, 0.15) is 24.5 Å². The van der Waals surface area contributed by atoms with E-state index >= 15 is 0 Å². The third kappa shape index (κ3) is 4.31. The third-order valence-corrected chi connectivity index (χ3v) is 3.17. The van der Waals surface area contributed by atoms with Gasteiger partial charge in [0.1, 0.15) is 0 Å². The van der Waals surface area contributed by atoms with Crippen LogP contribution in [0.3, 0.4) is 0 Å². The van der Waals surface area contributed by atoms with Crippen LogP contribution in [0.2, 0.25) is 0 Å². The summed E-state index contributed by atoms with van der Waals surface area (Å²) in [6, 6.07) is 6.32. The second-order valence-corrected chi connectivity index (χ2v) is 5.06. The molecule has 0 aromatic heterocycles. The van der Waals surface area contributed by atoms with Crippen molar-refractivity contribution in [1.29, 1.82) is 0 Å². The summed E-state index contributed by atoms with van der Waals surface area (Å²) in [5.74, 6) is 0. The highest BCUT2D eigenvalue weighted by Gasteiger charge is 2.07. The molecule has 0 saturated carbocycles. The molecule has 1 rings (SSSR count). The largest absolute Gasteiger partial charge is 0.392 e. The Morgan fingerprint density at radius 3 is 2.33 bits per heavy atom. The van der Waals surface area contributed by atoms with Gasteiger partial charge in [0.05, 0.1) is 6.61 Å². The molecular weight excluding hydrogens is 224 g/mol. The summed E-state index contributed by atoms with van der Waals surface area (Å²) in [5, 5.41) is 9.21. The first kappa shape index (κ1) is 15.0. The number of aliphatic hydroxyl groups is 1. The maximum Gasteiger partial charge on any atom is 0.0684 e. The van der Waals surface area contributed by atoms with Crippen molar-refractivity contribution in [3.8, 4) is 0 Å². The molecule has 1 aromatic rings. The van der Waals surface area contributed by atoms with E-state index in [4.69, 9.17) is 0 Å². The van der Waals surface area contributed by atoms with Gasteiger partial charge in [0.15, 0.2) is 0 Å². The van der Waals surface area contributed by atoms with Crippen LogP contribution in [0.15, 0.2) is 18.2 Å². The van der Waals surface area contributed by atoms with E-state index in [2.05, 4.69) is 49.9 Å². The molecule has 0 amide bonds. The monoisotopic (exact) mass is 250 g/mol. The number of likely N-dealkylation sites (N-methyl/N-ethyl adjacent to an activating group) is 1. The van der Waals surface area contributed by atoms with Crippen LogP contribution in [-0.4, -0.2) is 43.7 Å². The molecular formula is C15H26N2O. The molecule has 0 unspecified atom stereocenters. The zero-order valence-electron chi connectivity index (χ0n) is 12.1. The van der Waals surface area contributed by atoms with Gasteiger partial charge in [-0.25, -0.2) is 0 Å². The molecule has 18 heavy (non-hydrogen) atoms. The highest BCUT2D eigenvalue weighted by Crippen LogP contribution is 2.19. The maximum atomic E-state index is 9.21. The van der Waals surface area contributed by atoms with E-state index in [1.807, 2.05) is 6.07 Å². The van der Waals surface area contributed by atoms with Crippen molar-refractivity contribution < 1.29 is 5.11 Å². The lowest BCUT2D eigenvalue weighted by atomic mass is 10.1. The summed E-state index contributed by atoms with van der Waals surface area (Å²) in [7, 11) is 4.20. The number of hydrogen-bond donors (Lipinski definition) is 1. The highest BCUT2D eigenvalue weighted by molar-refractivity contribution is 5.50. The van der Waals surface area contributed by atoms with Gasteiger partial charge in [0, 0.05) is 25.3 Å². The second-order valence-electron chi connectivity index (χ2n) is 5.06. The maximum absolute atomic E-state index is 9.21. The van der Waals surface area contributed by atoms with Gasteiger partial charge in [-0.15, -0.1) is 0 Å². The van der Waals surface area contributed by atoms with Crippen molar-refractivity contribution >= 4 is 5.69 Å². The first-order valence-corrected chi connectivity index (χ1v) is 6.68. The lowest BCUT2D eigenvalue weighted by Gasteiger charge is -2.26. The van der Waals surface area contributed by atoms with Crippen LogP contribution < -0.4 is 4.90 Å². The van der Waals surface area contributed by atoms with Gasteiger partial charge in [0.2, 0.25) is 0 Å². The van der Waals surface area contributed by atoms with E-state index < -0.39 is 0 Å². The molecule has 0 fully saturated rings. The molecule has 0 aliphatic rings. The van der Waals surface area contributed by atoms with Gasteiger partial charge in [0.25, 0.3) is 0 Å². The third-order valence-electron chi connectivity index (χ3n) is 3.17. The topological polar surface area (TPSA) is 26.7 Å². The summed E-state index contributed by atoms with van der Waals surface area (Å²) >= 11 is 0. The average molecular weight is 250 g/mol. The van der Waals surface area contributed by atoms with Gasteiger partial charge in [-0.2, -0.15) is 0 Å². The molecule has 3 nitrogen and oxygen atoms in total. The van der Waals surface area contributed by atoms with Crippen LogP contribution in [0.5, 0.6) is 0 Å². The van der Waals surface area contributed by atoms with Gasteiger partial charge in [-0.3, -0.25) is 0 Å². The molecule has 0 atom stereocenters. The molecule has 102 valence electrons. The number of hydrogen-bond acceptors (Lipinski definition) is 3. The number of aryl methyl sites for hydroxylation is 1. The SMILES string of the molecule is CCCN(CCN(C)C)c1ccc(CO)c(C)c1. The van der Waals surface area contributed by atoms with Gasteiger partial charge < -0.3 is 14.9 Å². The number of aliphatic hydroxyl groups excluding tert-OH is 1. The molecule has 3 heteroatoms. The minimum Gasteiger partial charge on any atom is -0.392 e. The fourth-order valence-electron chi connectivity index (χ4n) is 2.01. The summed E-state index contributed by atoms with van der Waals surface area (Å²) < 4.78 is 0. The summed E-state index contributed by atoms with van der Waals surface area (Å²) in [6.07, 6.45) is 1.15. The van der Waals surface area contributed by atoms with Crippen molar-refractivity contribution in [3.63, 3.8) is 0 Å². The highest BCUT2D eigenvalue weighted by atomic mass is 16.3. The van der Waals surface area contributed by atoms with Crippen LogP contribution >= 0.6 is 0 Å². The summed E-state index contributed by atoms with van der Waals surface area (Å²) in [6.45, 7) is 7.56. The Balaban J connectivity index is 2.81. The average Bonchev–Trinajstić information content (AvgIpc) is 2.34. The zero-order chi connectivity index (χ0) is 13.5. The first-order chi connectivity index (χ1) is 8.58. The van der Waals surface area contributed by atoms with Crippen LogP contribution in [-0.2, 0) is 6.61 Å². The van der Waals surface area contributed by atoms with Crippen LogP contribution in [0, 0.1) is 6.92 Å². The quantitative estimate of drug-likeness (QED) is 0.804. The molecule has 0 saturated heterocycles. The predicted octanol–water partition coefficient (Wildman–Crippen LogP) is 2.27. The second kappa shape index (κ2) is 7.39. The number of rotatable bonds is 7. The van der Waals surface area contributed by atoms with Crippen molar-refractivity contribution in [1.82, 2.24) is 4.90 Å². The lowest BCUT2D eigenvalue weighted by Crippen LogP contribution is -2.32. The Bertz CT molecular complexity index is 364. The van der Waals surface area contributed by atoms with E-state index in [1.165, 1.54) is 11.3 Å². The van der Waals surface area contributed by atoms with E-state index in [-0.39, 0.29) is 6.61 Å². The normalized spacial score (nSPS) is 11.0. The molecule has 0 heterocycles. The van der Waals surface area contributed by atoms with Gasteiger partial charge in [-0.05, 0) is 50.7 Å². The standard InChI is InChI=1S/C15H26N2O/c1-5-8-17(10-9-16(3)4)15-7-6-14(12-18)13(2)11-15/h6-7,11,18H,5,8-10,12H2,1-4H3. The minimum absolute atomic E-state index is 0.123. The number of nitrogens with zero attached hydrogens (tertiary/aromatic N) is 2. The van der Waals surface area contributed by atoms with Crippen LogP contribution in [0.4, 0.5) is 5.69 Å². The smallest absolute Gasteiger partial charge is 0.0684 e. The fourth-order valence-corrected chi connectivity index (χ4v) is 2.01. The minimum atomic E-state index is 0.123. The first-order valence-electron chi connectivity index (χ1n) is 6.68. The molecule has 1 N–H and O–H groups in total.